The molecule has 0 bridgehead atoms. The highest BCUT2D eigenvalue weighted by molar-refractivity contribution is 7.13. The van der Waals surface area contributed by atoms with Gasteiger partial charge in [-0.2, -0.15) is 5.10 Å². The molecule has 0 saturated carbocycles. The van der Waals surface area contributed by atoms with E-state index in [0.29, 0.717) is 17.9 Å². The first-order chi connectivity index (χ1) is 14.5. The van der Waals surface area contributed by atoms with Gasteiger partial charge in [-0.25, -0.2) is 9.07 Å². The lowest BCUT2D eigenvalue weighted by molar-refractivity contribution is -0.125. The molecule has 3 heterocycles. The fourth-order valence-electron chi connectivity index (χ4n) is 3.10. The standard InChI is InChI=1S/C20H20FN5O3S/c1-12-9-18(27)24-20(22-12)26-17(10-14(25-26)16-7-4-8-30-16)23-19(28)11-29-15-6-3-2-5-13(15)21/h2-8,10,12,20,22H,9,11H2,1H3,(H,23,28)(H,24,27). The Morgan fingerprint density at radius 1 is 1.37 bits per heavy atom. The van der Waals surface area contributed by atoms with Crippen molar-refractivity contribution < 1.29 is 18.7 Å². The number of nitrogens with zero attached hydrogens (tertiary/aromatic N) is 2. The summed E-state index contributed by atoms with van der Waals surface area (Å²) in [6.07, 6.45) is -0.258. The number of ether oxygens (including phenoxy) is 1. The maximum atomic E-state index is 13.7. The molecule has 3 N–H and O–H groups in total. The molecule has 8 nitrogen and oxygen atoms in total. The highest BCUT2D eigenvalue weighted by atomic mass is 32.1. The zero-order chi connectivity index (χ0) is 21.1. The molecule has 1 fully saturated rings. The van der Waals surface area contributed by atoms with Crippen LogP contribution in [0.15, 0.2) is 47.8 Å². The first-order valence-corrected chi connectivity index (χ1v) is 10.2. The number of thiophene rings is 1. The summed E-state index contributed by atoms with van der Waals surface area (Å²) in [6, 6.07) is 11.4. The smallest absolute Gasteiger partial charge is 0.263 e. The Morgan fingerprint density at radius 3 is 2.93 bits per heavy atom. The molecule has 2 aromatic heterocycles. The Balaban J connectivity index is 1.54. The fraction of sp³-hybridized carbons (Fsp3) is 0.250. The molecule has 2 unspecified atom stereocenters. The minimum Gasteiger partial charge on any atom is -0.481 e. The number of carbonyl (C=O) groups is 2. The average molecular weight is 429 g/mol. The van der Waals surface area contributed by atoms with E-state index in [0.717, 1.165) is 4.88 Å². The Labute approximate surface area is 176 Å². The molecular formula is C20H20FN5O3S. The van der Waals surface area contributed by atoms with Crippen LogP contribution in [0.3, 0.4) is 0 Å². The van der Waals surface area contributed by atoms with Crippen molar-refractivity contribution in [2.24, 2.45) is 0 Å². The monoisotopic (exact) mass is 429 g/mol. The minimum absolute atomic E-state index is 0.00420. The predicted octanol–water partition coefficient (Wildman–Crippen LogP) is 2.72. The Morgan fingerprint density at radius 2 is 2.20 bits per heavy atom. The van der Waals surface area contributed by atoms with Crippen LogP contribution in [0.1, 0.15) is 19.6 Å². The minimum atomic E-state index is -0.613. The van der Waals surface area contributed by atoms with Crippen LogP contribution in [-0.2, 0) is 9.59 Å². The fourth-order valence-corrected chi connectivity index (χ4v) is 3.79. The number of anilines is 1. The summed E-state index contributed by atoms with van der Waals surface area (Å²) in [5.41, 5.74) is 0.657. The summed E-state index contributed by atoms with van der Waals surface area (Å²) in [5.74, 6) is -0.756. The summed E-state index contributed by atoms with van der Waals surface area (Å²) < 4.78 is 20.5. The maximum absolute atomic E-state index is 13.7. The number of rotatable bonds is 6. The second kappa shape index (κ2) is 8.64. The number of carbonyl (C=O) groups excluding carboxylic acids is 2. The highest BCUT2D eigenvalue weighted by Gasteiger charge is 2.27. The first kappa shape index (κ1) is 20.0. The number of halogens is 1. The molecule has 2 amide bonds. The van der Waals surface area contributed by atoms with Crippen LogP contribution in [-0.4, -0.2) is 34.2 Å². The molecule has 1 saturated heterocycles. The highest BCUT2D eigenvalue weighted by Crippen LogP contribution is 2.28. The van der Waals surface area contributed by atoms with Gasteiger partial charge in [0.1, 0.15) is 11.5 Å². The number of hydrogen-bond acceptors (Lipinski definition) is 6. The van der Waals surface area contributed by atoms with Gasteiger partial charge in [0.15, 0.2) is 24.5 Å². The van der Waals surface area contributed by atoms with Crippen molar-refractivity contribution in [3.8, 4) is 16.3 Å². The number of amides is 2. The third kappa shape index (κ3) is 4.50. The second-order valence-electron chi connectivity index (χ2n) is 6.85. The number of hydrogen-bond donors (Lipinski definition) is 3. The SMILES string of the molecule is CC1CC(=O)NC(n2nc(-c3cccs3)cc2NC(=O)COc2ccccc2F)N1. The van der Waals surface area contributed by atoms with Gasteiger partial charge < -0.3 is 15.4 Å². The molecule has 156 valence electrons. The predicted molar refractivity (Wildman–Crippen MR) is 110 cm³/mol. The van der Waals surface area contributed by atoms with E-state index in [1.807, 2.05) is 24.4 Å². The molecule has 1 aromatic carbocycles. The lowest BCUT2D eigenvalue weighted by atomic mass is 10.2. The molecule has 30 heavy (non-hydrogen) atoms. The first-order valence-electron chi connectivity index (χ1n) is 9.35. The molecule has 1 aliphatic heterocycles. The summed E-state index contributed by atoms with van der Waals surface area (Å²) in [7, 11) is 0. The third-order valence-electron chi connectivity index (χ3n) is 4.45. The molecular weight excluding hydrogens is 409 g/mol. The average Bonchev–Trinajstić information content (AvgIpc) is 3.36. The van der Waals surface area contributed by atoms with Gasteiger partial charge in [-0.15, -0.1) is 11.3 Å². The molecule has 0 radical (unpaired) electrons. The van der Waals surface area contributed by atoms with Crippen molar-refractivity contribution in [3.63, 3.8) is 0 Å². The Hall–Kier alpha value is -3.24. The lowest BCUT2D eigenvalue weighted by Crippen LogP contribution is -2.52. The van der Waals surface area contributed by atoms with E-state index in [2.05, 4.69) is 21.0 Å². The Kier molecular flexibility index (Phi) is 5.77. The summed E-state index contributed by atoms with van der Waals surface area (Å²) in [4.78, 5) is 25.4. The second-order valence-corrected chi connectivity index (χ2v) is 7.79. The van der Waals surface area contributed by atoms with Gasteiger partial charge in [0, 0.05) is 18.5 Å². The van der Waals surface area contributed by atoms with E-state index in [1.54, 1.807) is 18.2 Å². The normalized spacial score (nSPS) is 18.7. The number of aromatic nitrogens is 2. The Bertz CT molecular complexity index is 1050. The van der Waals surface area contributed by atoms with E-state index < -0.39 is 18.0 Å². The van der Waals surface area contributed by atoms with Gasteiger partial charge in [0.05, 0.1) is 4.88 Å². The van der Waals surface area contributed by atoms with Crippen molar-refractivity contribution in [1.82, 2.24) is 20.4 Å². The molecule has 1 aliphatic rings. The number of benzene rings is 1. The summed E-state index contributed by atoms with van der Waals surface area (Å²) >= 11 is 1.51. The van der Waals surface area contributed by atoms with Gasteiger partial charge in [0.25, 0.3) is 5.91 Å². The van der Waals surface area contributed by atoms with Crippen LogP contribution in [0.2, 0.25) is 0 Å². The lowest BCUT2D eigenvalue weighted by Gasteiger charge is -2.30. The van der Waals surface area contributed by atoms with Crippen LogP contribution < -0.4 is 20.7 Å². The van der Waals surface area contributed by atoms with Crippen LogP contribution in [0.5, 0.6) is 5.75 Å². The molecule has 0 aliphatic carbocycles. The van der Waals surface area contributed by atoms with Crippen LogP contribution in [0.25, 0.3) is 10.6 Å². The van der Waals surface area contributed by atoms with E-state index in [4.69, 9.17) is 4.74 Å². The van der Waals surface area contributed by atoms with E-state index in [9.17, 15) is 14.0 Å². The van der Waals surface area contributed by atoms with E-state index in [1.165, 1.54) is 28.2 Å². The largest absolute Gasteiger partial charge is 0.481 e. The zero-order valence-corrected chi connectivity index (χ0v) is 16.9. The molecule has 3 aromatic rings. The molecule has 2 atom stereocenters. The van der Waals surface area contributed by atoms with Gasteiger partial charge in [0.2, 0.25) is 5.91 Å². The van der Waals surface area contributed by atoms with Crippen molar-refractivity contribution in [2.75, 3.05) is 11.9 Å². The van der Waals surface area contributed by atoms with Crippen molar-refractivity contribution in [1.29, 1.82) is 0 Å². The van der Waals surface area contributed by atoms with Crippen molar-refractivity contribution in [3.05, 3.63) is 53.7 Å². The number of nitrogens with one attached hydrogen (secondary N) is 3. The molecule has 0 spiro atoms. The van der Waals surface area contributed by atoms with Gasteiger partial charge >= 0.3 is 0 Å². The molecule has 4 rings (SSSR count). The van der Waals surface area contributed by atoms with Crippen molar-refractivity contribution >= 4 is 29.0 Å². The van der Waals surface area contributed by atoms with Gasteiger partial charge in [-0.3, -0.25) is 14.9 Å². The topological polar surface area (TPSA) is 97.3 Å². The van der Waals surface area contributed by atoms with Crippen LogP contribution in [0, 0.1) is 5.82 Å². The third-order valence-corrected chi connectivity index (χ3v) is 5.34. The van der Waals surface area contributed by atoms with E-state index in [-0.39, 0.29) is 24.3 Å². The number of para-hydroxylation sites is 1. The van der Waals surface area contributed by atoms with Crippen LogP contribution >= 0.6 is 11.3 Å². The summed E-state index contributed by atoms with van der Waals surface area (Å²) in [6.45, 7) is 1.53. The van der Waals surface area contributed by atoms with Gasteiger partial charge in [-0.1, -0.05) is 18.2 Å². The quantitative estimate of drug-likeness (QED) is 0.560. The maximum Gasteiger partial charge on any atom is 0.263 e. The molecule has 10 heteroatoms. The van der Waals surface area contributed by atoms with Gasteiger partial charge in [-0.05, 0) is 30.5 Å². The summed E-state index contributed by atoms with van der Waals surface area (Å²) in [5, 5.41) is 15.3. The van der Waals surface area contributed by atoms with E-state index >= 15 is 0 Å². The van der Waals surface area contributed by atoms with Crippen molar-refractivity contribution in [2.45, 2.75) is 25.7 Å². The van der Waals surface area contributed by atoms with Crippen LogP contribution in [0.4, 0.5) is 10.2 Å². The zero-order valence-electron chi connectivity index (χ0n) is 16.1.